The fourth-order valence-electron chi connectivity index (χ4n) is 3.58. The summed E-state index contributed by atoms with van der Waals surface area (Å²) >= 11 is 0. The normalized spacial score (nSPS) is 11.4. The minimum atomic E-state index is -0.0365. The number of amides is 1. The van der Waals surface area contributed by atoms with E-state index in [0.29, 0.717) is 24.3 Å². The van der Waals surface area contributed by atoms with Crippen molar-refractivity contribution in [3.8, 4) is 11.4 Å². The Morgan fingerprint density at radius 1 is 1.10 bits per heavy atom. The van der Waals surface area contributed by atoms with Gasteiger partial charge in [0.05, 0.1) is 24.2 Å². The smallest absolute Gasteiger partial charge is 0.224 e. The van der Waals surface area contributed by atoms with Crippen LogP contribution in [0, 0.1) is 13.8 Å². The van der Waals surface area contributed by atoms with Crippen molar-refractivity contribution in [3.63, 3.8) is 0 Å². The third-order valence-electron chi connectivity index (χ3n) is 5.38. The Bertz CT molecular complexity index is 1030. The molecule has 0 aliphatic carbocycles. The number of hydrogen-bond acceptors (Lipinski definition) is 3. The number of para-hydroxylation sites is 1. The van der Waals surface area contributed by atoms with Crippen LogP contribution in [0.3, 0.4) is 0 Å². The summed E-state index contributed by atoms with van der Waals surface area (Å²) < 4.78 is 7.38. The topological polar surface area (TPSA) is 56.1 Å². The number of carbonyl (C=O) groups is 1. The standard InChI is InChI=1S/C25H31N3O2/c1-17-21(18(2)28(27-17)20-10-8-7-9-11-20)13-15-24(29)26-22-16-19(25(3,4)5)12-14-23(22)30-6/h7-12,14,16H,13,15H2,1-6H3,(H,26,29). The van der Waals surface area contributed by atoms with Gasteiger partial charge in [0, 0.05) is 12.1 Å². The van der Waals surface area contributed by atoms with Crippen LogP contribution in [0.5, 0.6) is 5.75 Å². The van der Waals surface area contributed by atoms with Gasteiger partial charge >= 0.3 is 0 Å². The van der Waals surface area contributed by atoms with Gasteiger partial charge in [0.1, 0.15) is 5.75 Å². The first-order valence-electron chi connectivity index (χ1n) is 10.3. The van der Waals surface area contributed by atoms with E-state index in [1.165, 1.54) is 0 Å². The molecule has 1 amide bonds. The van der Waals surface area contributed by atoms with Crippen LogP contribution in [0.1, 0.15) is 49.7 Å². The lowest BCUT2D eigenvalue weighted by Gasteiger charge is -2.21. The van der Waals surface area contributed by atoms with Gasteiger partial charge in [0.15, 0.2) is 0 Å². The molecule has 1 N–H and O–H groups in total. The van der Waals surface area contributed by atoms with Crippen LogP contribution in [-0.2, 0) is 16.6 Å². The minimum absolute atomic E-state index is 0.00794. The van der Waals surface area contributed by atoms with Crippen LogP contribution in [0.4, 0.5) is 5.69 Å². The van der Waals surface area contributed by atoms with Gasteiger partial charge in [0.2, 0.25) is 5.91 Å². The van der Waals surface area contributed by atoms with Crippen molar-refractivity contribution in [2.75, 3.05) is 12.4 Å². The number of methoxy groups -OCH3 is 1. The first-order valence-corrected chi connectivity index (χ1v) is 10.3. The molecule has 0 aliphatic rings. The van der Waals surface area contributed by atoms with Gasteiger partial charge in [-0.25, -0.2) is 4.68 Å². The van der Waals surface area contributed by atoms with Crippen LogP contribution < -0.4 is 10.1 Å². The van der Waals surface area contributed by atoms with Gasteiger partial charge in [-0.3, -0.25) is 4.79 Å². The summed E-state index contributed by atoms with van der Waals surface area (Å²) in [5.41, 5.74) is 6.02. The van der Waals surface area contributed by atoms with E-state index in [4.69, 9.17) is 4.74 Å². The molecule has 3 aromatic rings. The van der Waals surface area contributed by atoms with E-state index in [0.717, 1.165) is 28.2 Å². The number of rotatable bonds is 6. The highest BCUT2D eigenvalue weighted by Crippen LogP contribution is 2.31. The fourth-order valence-corrected chi connectivity index (χ4v) is 3.58. The van der Waals surface area contributed by atoms with Gasteiger partial charge in [-0.15, -0.1) is 0 Å². The summed E-state index contributed by atoms with van der Waals surface area (Å²) in [6, 6.07) is 16.0. The molecule has 2 aromatic carbocycles. The molecule has 30 heavy (non-hydrogen) atoms. The summed E-state index contributed by atoms with van der Waals surface area (Å²) in [5, 5.41) is 7.70. The molecule has 158 valence electrons. The van der Waals surface area contributed by atoms with E-state index in [2.05, 4.69) is 38.1 Å². The lowest BCUT2D eigenvalue weighted by molar-refractivity contribution is -0.116. The van der Waals surface area contributed by atoms with Gasteiger partial charge in [-0.2, -0.15) is 5.10 Å². The zero-order valence-corrected chi connectivity index (χ0v) is 18.7. The summed E-state index contributed by atoms with van der Waals surface area (Å²) in [6.07, 6.45) is 1.02. The maximum atomic E-state index is 12.7. The van der Waals surface area contributed by atoms with Crippen LogP contribution in [0.15, 0.2) is 48.5 Å². The second kappa shape index (κ2) is 8.74. The van der Waals surface area contributed by atoms with E-state index >= 15 is 0 Å². The summed E-state index contributed by atoms with van der Waals surface area (Å²) in [7, 11) is 1.62. The zero-order chi connectivity index (χ0) is 21.9. The van der Waals surface area contributed by atoms with Crippen molar-refractivity contribution in [1.82, 2.24) is 9.78 Å². The Hall–Kier alpha value is -3.08. The number of anilines is 1. The Morgan fingerprint density at radius 2 is 1.80 bits per heavy atom. The van der Waals surface area contributed by atoms with Gasteiger partial charge in [-0.1, -0.05) is 45.0 Å². The van der Waals surface area contributed by atoms with Crippen molar-refractivity contribution < 1.29 is 9.53 Å². The number of benzene rings is 2. The average molecular weight is 406 g/mol. The molecule has 0 saturated carbocycles. The number of nitrogens with one attached hydrogen (secondary N) is 1. The Kier molecular flexibility index (Phi) is 6.30. The lowest BCUT2D eigenvalue weighted by Crippen LogP contribution is -2.16. The second-order valence-corrected chi connectivity index (χ2v) is 8.61. The lowest BCUT2D eigenvalue weighted by atomic mass is 9.87. The quantitative estimate of drug-likeness (QED) is 0.600. The third kappa shape index (κ3) is 4.73. The van der Waals surface area contributed by atoms with E-state index in [-0.39, 0.29) is 11.3 Å². The highest BCUT2D eigenvalue weighted by molar-refractivity contribution is 5.92. The van der Waals surface area contributed by atoms with Gasteiger partial charge < -0.3 is 10.1 Å². The number of aryl methyl sites for hydroxylation is 1. The fraction of sp³-hybridized carbons (Fsp3) is 0.360. The predicted octanol–water partition coefficient (Wildman–Crippen LogP) is 5.37. The van der Waals surface area contributed by atoms with Crippen molar-refractivity contribution >= 4 is 11.6 Å². The molecule has 1 aromatic heterocycles. The number of nitrogens with zero attached hydrogens (tertiary/aromatic N) is 2. The first-order chi connectivity index (χ1) is 14.2. The number of carbonyl (C=O) groups excluding carboxylic acids is 1. The highest BCUT2D eigenvalue weighted by Gasteiger charge is 2.18. The Balaban J connectivity index is 1.74. The SMILES string of the molecule is COc1ccc(C(C)(C)C)cc1NC(=O)CCc1c(C)nn(-c2ccccc2)c1C. The molecule has 3 rings (SSSR count). The number of ether oxygens (including phenoxy) is 1. The zero-order valence-electron chi connectivity index (χ0n) is 18.7. The van der Waals surface area contributed by atoms with Crippen LogP contribution in [0.25, 0.3) is 5.69 Å². The van der Waals surface area contributed by atoms with Crippen molar-refractivity contribution in [3.05, 3.63) is 71.0 Å². The van der Waals surface area contributed by atoms with Crippen molar-refractivity contribution in [1.29, 1.82) is 0 Å². The van der Waals surface area contributed by atoms with Crippen molar-refractivity contribution in [2.24, 2.45) is 0 Å². The molecule has 0 bridgehead atoms. The summed E-state index contributed by atoms with van der Waals surface area (Å²) in [4.78, 5) is 12.7. The Morgan fingerprint density at radius 3 is 2.43 bits per heavy atom. The molecule has 0 radical (unpaired) electrons. The maximum absolute atomic E-state index is 12.7. The molecule has 0 unspecified atom stereocenters. The molecule has 1 heterocycles. The molecule has 0 fully saturated rings. The van der Waals surface area contributed by atoms with E-state index in [1.807, 2.05) is 60.1 Å². The van der Waals surface area contributed by atoms with Crippen molar-refractivity contribution in [2.45, 2.75) is 52.9 Å². The second-order valence-electron chi connectivity index (χ2n) is 8.61. The summed E-state index contributed by atoms with van der Waals surface area (Å²) in [6.45, 7) is 10.5. The predicted molar refractivity (Wildman–Crippen MR) is 122 cm³/mol. The minimum Gasteiger partial charge on any atom is -0.495 e. The third-order valence-corrected chi connectivity index (χ3v) is 5.38. The van der Waals surface area contributed by atoms with Gasteiger partial charge in [0.25, 0.3) is 0 Å². The monoisotopic (exact) mass is 405 g/mol. The number of hydrogen-bond donors (Lipinski definition) is 1. The molecule has 0 atom stereocenters. The van der Waals surface area contributed by atoms with Crippen LogP contribution in [-0.4, -0.2) is 22.8 Å². The van der Waals surface area contributed by atoms with E-state index in [1.54, 1.807) is 7.11 Å². The van der Waals surface area contributed by atoms with Gasteiger partial charge in [-0.05, 0) is 61.1 Å². The van der Waals surface area contributed by atoms with E-state index < -0.39 is 0 Å². The summed E-state index contributed by atoms with van der Waals surface area (Å²) in [5.74, 6) is 0.631. The van der Waals surface area contributed by atoms with Crippen LogP contribution >= 0.6 is 0 Å². The number of aromatic nitrogens is 2. The highest BCUT2D eigenvalue weighted by atomic mass is 16.5. The average Bonchev–Trinajstić information content (AvgIpc) is 3.00. The first kappa shape index (κ1) is 21.6. The molecular weight excluding hydrogens is 374 g/mol. The maximum Gasteiger partial charge on any atom is 0.224 e. The molecular formula is C25H31N3O2. The van der Waals surface area contributed by atoms with E-state index in [9.17, 15) is 4.79 Å². The molecule has 0 aliphatic heterocycles. The Labute approximate surface area is 179 Å². The largest absolute Gasteiger partial charge is 0.495 e. The molecule has 5 heteroatoms. The molecule has 5 nitrogen and oxygen atoms in total. The van der Waals surface area contributed by atoms with Crippen LogP contribution in [0.2, 0.25) is 0 Å². The molecule has 0 spiro atoms. The molecule has 0 saturated heterocycles.